The summed E-state index contributed by atoms with van der Waals surface area (Å²) in [5.41, 5.74) is 4.08. The second-order valence-corrected chi connectivity index (χ2v) is 9.71. The molecule has 0 unspecified atom stereocenters. The minimum Gasteiger partial charge on any atom is -0.364 e. The van der Waals surface area contributed by atoms with Crippen molar-refractivity contribution in [3.63, 3.8) is 0 Å². The Morgan fingerprint density at radius 3 is 2.68 bits per heavy atom. The number of nitrogens with two attached hydrogens (primary N) is 1. The first kappa shape index (κ1) is 17.1. The highest BCUT2D eigenvalue weighted by Gasteiger charge is 2.28. The first-order valence-electron chi connectivity index (χ1n) is 8.68. The van der Waals surface area contributed by atoms with Gasteiger partial charge in [-0.05, 0) is 49.7 Å². The van der Waals surface area contributed by atoms with E-state index in [9.17, 15) is 0 Å². The van der Waals surface area contributed by atoms with Gasteiger partial charge < -0.3 is 4.90 Å². The highest BCUT2D eigenvalue weighted by atomic mass is 32.2. The van der Waals surface area contributed by atoms with Gasteiger partial charge in [0.1, 0.15) is 0 Å². The Morgan fingerprint density at radius 2 is 1.96 bits per heavy atom. The number of hydrogen-bond donors (Lipinski definition) is 1. The average Bonchev–Trinajstić information content (AvgIpc) is 3.17. The summed E-state index contributed by atoms with van der Waals surface area (Å²) in [6.07, 6.45) is 0.923. The van der Waals surface area contributed by atoms with E-state index in [1.54, 1.807) is 11.8 Å². The van der Waals surface area contributed by atoms with E-state index in [4.69, 9.17) is 5.41 Å². The molecule has 0 atom stereocenters. The standard InChI is InChI=1S/C20H21N2PS2/c1-4-22(5-2)17-11-15-20(25-17)18(13-9-7-6-8-12(13)3)19-14(23-15)10-16(21)24-19/h6-9,11,21H,4-5,10H2,1-3H3/p+1. The van der Waals surface area contributed by atoms with Crippen LogP contribution in [0.4, 0.5) is 5.00 Å². The number of thioether (sulfide) groups is 1. The fraction of sp³-hybridized carbons (Fsp3) is 0.300. The largest absolute Gasteiger partial charge is 0.364 e. The zero-order valence-electron chi connectivity index (χ0n) is 14.8. The zero-order valence-corrected chi connectivity index (χ0v) is 17.3. The van der Waals surface area contributed by atoms with E-state index < -0.39 is 0 Å². The zero-order chi connectivity index (χ0) is 17.6. The maximum Gasteiger partial charge on any atom is 0.217 e. The summed E-state index contributed by atoms with van der Waals surface area (Å²) in [7, 11) is 1.34. The van der Waals surface area contributed by atoms with Gasteiger partial charge in [-0.1, -0.05) is 32.5 Å². The second-order valence-electron chi connectivity index (χ2n) is 6.29. The van der Waals surface area contributed by atoms with Crippen LogP contribution in [-0.2, 0) is 6.42 Å². The molecule has 0 aliphatic carbocycles. The molecule has 128 valence electrons. The van der Waals surface area contributed by atoms with E-state index in [0.29, 0.717) is 0 Å². The van der Waals surface area contributed by atoms with Crippen molar-refractivity contribution in [1.29, 1.82) is 0 Å². The molecule has 0 saturated heterocycles. The van der Waals surface area contributed by atoms with E-state index in [1.165, 1.54) is 49.9 Å². The Kier molecular flexibility index (Phi) is 4.61. The van der Waals surface area contributed by atoms with E-state index in [0.717, 1.165) is 24.6 Å². The molecule has 2 nitrogen and oxygen atoms in total. The van der Waals surface area contributed by atoms with Gasteiger partial charge in [0.25, 0.3) is 0 Å². The number of anilines is 1. The predicted octanol–water partition coefficient (Wildman–Crippen LogP) is 5.11. The minimum absolute atomic E-state index is 0.923. The molecule has 0 fully saturated rings. The Bertz CT molecular complexity index is 973. The summed E-state index contributed by atoms with van der Waals surface area (Å²) >= 11 is 3.72. The molecule has 0 amide bonds. The smallest absolute Gasteiger partial charge is 0.217 e. The van der Waals surface area contributed by atoms with Crippen LogP contribution in [0.5, 0.6) is 0 Å². The van der Waals surface area contributed by atoms with Crippen molar-refractivity contribution in [2.24, 2.45) is 0 Å². The lowest BCUT2D eigenvalue weighted by molar-refractivity contribution is -0.110. The Morgan fingerprint density at radius 1 is 1.20 bits per heavy atom. The molecule has 0 bridgehead atoms. The van der Waals surface area contributed by atoms with Gasteiger partial charge in [0.2, 0.25) is 5.04 Å². The quantitative estimate of drug-likeness (QED) is 0.676. The maximum absolute atomic E-state index is 6.21. The van der Waals surface area contributed by atoms with Crippen LogP contribution >= 0.6 is 31.3 Å². The van der Waals surface area contributed by atoms with Crippen molar-refractivity contribution in [2.75, 3.05) is 18.0 Å². The average molecular weight is 386 g/mol. The Labute approximate surface area is 158 Å². The number of thiophene rings is 1. The van der Waals surface area contributed by atoms with Gasteiger partial charge in [-0.25, -0.2) is 0 Å². The molecule has 4 rings (SSSR count). The van der Waals surface area contributed by atoms with Gasteiger partial charge in [-0.15, -0.1) is 11.3 Å². The summed E-state index contributed by atoms with van der Waals surface area (Å²) in [6.45, 7) is 8.77. The van der Waals surface area contributed by atoms with Crippen LogP contribution < -0.4 is 10.3 Å². The molecule has 1 aliphatic heterocycles. The number of aryl methyl sites for hydroxylation is 1. The second kappa shape index (κ2) is 6.75. The predicted molar refractivity (Wildman–Crippen MR) is 115 cm³/mol. The van der Waals surface area contributed by atoms with Crippen molar-refractivity contribution in [1.82, 2.24) is 0 Å². The highest BCUT2D eigenvalue weighted by Crippen LogP contribution is 2.52. The van der Waals surface area contributed by atoms with Crippen LogP contribution in [0.2, 0.25) is 0 Å². The summed E-state index contributed by atoms with van der Waals surface area (Å²) in [6, 6.07) is 11.1. The number of benzene rings is 1. The van der Waals surface area contributed by atoms with Gasteiger partial charge in [-0.2, -0.15) is 0 Å². The topological polar surface area (TPSA) is 28.8 Å². The summed E-state index contributed by atoms with van der Waals surface area (Å²) in [5, 5.41) is 11.5. The monoisotopic (exact) mass is 385 g/mol. The van der Waals surface area contributed by atoms with E-state index in [-0.39, 0.29) is 0 Å². The Balaban J connectivity index is 2.03. The van der Waals surface area contributed by atoms with Crippen LogP contribution in [0.1, 0.15) is 24.7 Å². The number of nitrogens with zero attached hydrogens (tertiary/aromatic N) is 1. The lowest BCUT2D eigenvalue weighted by Gasteiger charge is -2.17. The van der Waals surface area contributed by atoms with Gasteiger partial charge in [0.05, 0.1) is 16.1 Å². The Hall–Kier alpha value is -1.35. The van der Waals surface area contributed by atoms with Crippen molar-refractivity contribution in [3.05, 3.63) is 41.2 Å². The van der Waals surface area contributed by atoms with E-state index in [1.807, 2.05) is 11.3 Å². The third-order valence-electron chi connectivity index (χ3n) is 4.74. The van der Waals surface area contributed by atoms with Crippen LogP contribution in [0.25, 0.3) is 20.9 Å². The molecule has 3 aromatic rings. The van der Waals surface area contributed by atoms with Gasteiger partial charge in [-0.3, -0.25) is 5.41 Å². The summed E-state index contributed by atoms with van der Waals surface area (Å²) in [4.78, 5) is 3.85. The molecule has 1 aliphatic rings. The van der Waals surface area contributed by atoms with Crippen molar-refractivity contribution in [2.45, 2.75) is 32.1 Å². The third kappa shape index (κ3) is 2.91. The molecule has 0 radical (unpaired) electrons. The van der Waals surface area contributed by atoms with Gasteiger partial charge >= 0.3 is 0 Å². The number of fused-ring (bicyclic) bond motifs is 2. The highest BCUT2D eigenvalue weighted by molar-refractivity contribution is 8.14. The lowest BCUT2D eigenvalue weighted by atomic mass is 10.0. The molecule has 25 heavy (non-hydrogen) atoms. The molecular weight excluding hydrogens is 363 g/mol. The van der Waals surface area contributed by atoms with Gasteiger partial charge in [0.15, 0.2) is 0 Å². The van der Waals surface area contributed by atoms with Crippen LogP contribution in [0.15, 0.2) is 35.2 Å². The van der Waals surface area contributed by atoms with Crippen LogP contribution in [-0.4, -0.2) is 18.1 Å². The van der Waals surface area contributed by atoms with Crippen molar-refractivity contribution < 1.29 is 5.41 Å². The van der Waals surface area contributed by atoms with Gasteiger partial charge in [0, 0.05) is 34.0 Å². The molecule has 3 heterocycles. The SMILES string of the molecule is CCN(CC)c1cc2pc3c(c(-c4ccccc4C)c2s1)SC(=[NH2+])C3. The molecule has 5 heteroatoms. The minimum atomic E-state index is 0.923. The normalized spacial score (nSPS) is 13.8. The fourth-order valence-electron chi connectivity index (χ4n) is 3.43. The lowest BCUT2D eigenvalue weighted by Crippen LogP contribution is -2.36. The van der Waals surface area contributed by atoms with Crippen molar-refractivity contribution >= 4 is 51.2 Å². The number of hydrogen-bond acceptors (Lipinski definition) is 3. The molecule has 1 aromatic carbocycles. The first-order chi connectivity index (χ1) is 12.1. The van der Waals surface area contributed by atoms with Crippen molar-refractivity contribution in [3.8, 4) is 11.1 Å². The van der Waals surface area contributed by atoms with E-state index >= 15 is 0 Å². The molecule has 2 aromatic heterocycles. The molecular formula is C20H22N2PS2+. The fourth-order valence-corrected chi connectivity index (χ4v) is 7.62. The summed E-state index contributed by atoms with van der Waals surface area (Å²) in [5.74, 6) is 0. The van der Waals surface area contributed by atoms with Crippen LogP contribution in [0.3, 0.4) is 0 Å². The third-order valence-corrected chi connectivity index (χ3v) is 8.56. The summed E-state index contributed by atoms with van der Waals surface area (Å²) < 4.78 is 1.43. The maximum atomic E-state index is 6.21. The first-order valence-corrected chi connectivity index (χ1v) is 11.2. The molecule has 2 N–H and O–H groups in total. The van der Waals surface area contributed by atoms with Crippen LogP contribution in [0, 0.1) is 6.92 Å². The number of rotatable bonds is 4. The molecule has 0 saturated carbocycles. The molecule has 0 spiro atoms. The van der Waals surface area contributed by atoms with E-state index in [2.05, 4.69) is 56.0 Å².